The van der Waals surface area contributed by atoms with Gasteiger partial charge in [0.15, 0.2) is 0 Å². The highest BCUT2D eigenvalue weighted by atomic mass is 32.1. The van der Waals surface area contributed by atoms with Gasteiger partial charge in [-0.3, -0.25) is 4.79 Å². The van der Waals surface area contributed by atoms with Crippen LogP contribution in [0.2, 0.25) is 0 Å². The lowest BCUT2D eigenvalue weighted by Gasteiger charge is -2.09. The van der Waals surface area contributed by atoms with Crippen LogP contribution in [0.15, 0.2) is 29.1 Å². The standard InChI is InChI=1S/C12H12N2O3S/c1-16-8-3-4-10(17-2)9(5-8)12(15)14-11-6-18-7-13-11/h3-7H,1-2H3,(H,14,15). The monoisotopic (exact) mass is 264 g/mol. The van der Waals surface area contributed by atoms with Crippen LogP contribution in [0.25, 0.3) is 0 Å². The number of nitrogens with one attached hydrogen (secondary N) is 1. The Morgan fingerprint density at radius 1 is 1.33 bits per heavy atom. The Labute approximate surface area is 108 Å². The minimum Gasteiger partial charge on any atom is -0.497 e. The molecule has 1 aromatic carbocycles. The van der Waals surface area contributed by atoms with Crippen molar-refractivity contribution in [3.8, 4) is 11.5 Å². The highest BCUT2D eigenvalue weighted by molar-refractivity contribution is 7.07. The van der Waals surface area contributed by atoms with Crippen molar-refractivity contribution in [2.24, 2.45) is 0 Å². The molecule has 0 bridgehead atoms. The quantitative estimate of drug-likeness (QED) is 0.921. The molecule has 0 atom stereocenters. The van der Waals surface area contributed by atoms with Gasteiger partial charge in [0, 0.05) is 5.38 Å². The van der Waals surface area contributed by atoms with E-state index >= 15 is 0 Å². The summed E-state index contributed by atoms with van der Waals surface area (Å²) in [4.78, 5) is 16.1. The zero-order valence-electron chi connectivity index (χ0n) is 9.97. The van der Waals surface area contributed by atoms with Gasteiger partial charge < -0.3 is 14.8 Å². The number of thiazole rings is 1. The number of ether oxygens (including phenoxy) is 2. The average Bonchev–Trinajstić information content (AvgIpc) is 2.90. The fraction of sp³-hybridized carbons (Fsp3) is 0.167. The van der Waals surface area contributed by atoms with Crippen molar-refractivity contribution < 1.29 is 14.3 Å². The van der Waals surface area contributed by atoms with Crippen LogP contribution in [-0.4, -0.2) is 25.1 Å². The van der Waals surface area contributed by atoms with E-state index in [2.05, 4.69) is 10.3 Å². The van der Waals surface area contributed by atoms with Gasteiger partial charge in [-0.15, -0.1) is 11.3 Å². The van der Waals surface area contributed by atoms with Crippen molar-refractivity contribution in [1.29, 1.82) is 0 Å². The number of benzene rings is 1. The number of amides is 1. The Hall–Kier alpha value is -2.08. The highest BCUT2D eigenvalue weighted by Gasteiger charge is 2.14. The number of carbonyl (C=O) groups is 1. The van der Waals surface area contributed by atoms with E-state index in [-0.39, 0.29) is 5.91 Å². The first-order valence-corrected chi connectivity index (χ1v) is 6.10. The maximum atomic E-state index is 12.1. The molecule has 0 fully saturated rings. The van der Waals surface area contributed by atoms with Gasteiger partial charge >= 0.3 is 0 Å². The van der Waals surface area contributed by atoms with E-state index in [9.17, 15) is 4.79 Å². The van der Waals surface area contributed by atoms with Gasteiger partial charge in [0.05, 0.1) is 25.3 Å². The van der Waals surface area contributed by atoms with E-state index in [0.717, 1.165) is 0 Å². The summed E-state index contributed by atoms with van der Waals surface area (Å²) >= 11 is 1.41. The van der Waals surface area contributed by atoms with Gasteiger partial charge in [0.25, 0.3) is 5.91 Å². The predicted molar refractivity (Wildman–Crippen MR) is 69.6 cm³/mol. The number of methoxy groups -OCH3 is 2. The van der Waals surface area contributed by atoms with Crippen LogP contribution in [0.3, 0.4) is 0 Å². The maximum Gasteiger partial charge on any atom is 0.260 e. The molecule has 94 valence electrons. The van der Waals surface area contributed by atoms with E-state index in [0.29, 0.717) is 22.9 Å². The van der Waals surface area contributed by atoms with Crippen LogP contribution >= 0.6 is 11.3 Å². The second-order valence-corrected chi connectivity index (χ2v) is 4.11. The Kier molecular flexibility index (Phi) is 3.78. The predicted octanol–water partition coefficient (Wildman–Crippen LogP) is 2.41. The van der Waals surface area contributed by atoms with Crippen molar-refractivity contribution in [1.82, 2.24) is 4.98 Å². The Morgan fingerprint density at radius 2 is 2.17 bits per heavy atom. The first-order valence-electron chi connectivity index (χ1n) is 5.16. The topological polar surface area (TPSA) is 60.5 Å². The number of anilines is 1. The molecule has 0 saturated heterocycles. The molecule has 1 aromatic heterocycles. The minimum atomic E-state index is -0.281. The third kappa shape index (κ3) is 2.60. The molecular formula is C12H12N2O3S. The fourth-order valence-electron chi connectivity index (χ4n) is 1.45. The lowest BCUT2D eigenvalue weighted by atomic mass is 10.1. The third-order valence-electron chi connectivity index (χ3n) is 2.33. The fourth-order valence-corrected chi connectivity index (χ4v) is 1.93. The first kappa shape index (κ1) is 12.4. The molecule has 6 heteroatoms. The molecular weight excluding hydrogens is 252 g/mol. The molecule has 0 radical (unpaired) electrons. The molecule has 0 aliphatic heterocycles. The molecule has 0 aliphatic rings. The van der Waals surface area contributed by atoms with Gasteiger partial charge in [0.2, 0.25) is 0 Å². The summed E-state index contributed by atoms with van der Waals surface area (Å²) in [6.45, 7) is 0. The summed E-state index contributed by atoms with van der Waals surface area (Å²) < 4.78 is 10.2. The van der Waals surface area contributed by atoms with Crippen molar-refractivity contribution in [2.75, 3.05) is 19.5 Å². The van der Waals surface area contributed by atoms with E-state index in [1.165, 1.54) is 18.4 Å². The van der Waals surface area contributed by atoms with Gasteiger partial charge in [-0.2, -0.15) is 0 Å². The van der Waals surface area contributed by atoms with Crippen LogP contribution in [-0.2, 0) is 0 Å². The smallest absolute Gasteiger partial charge is 0.260 e. The summed E-state index contributed by atoms with van der Waals surface area (Å²) in [7, 11) is 3.06. The van der Waals surface area contributed by atoms with Crippen LogP contribution in [0, 0.1) is 0 Å². The molecule has 2 rings (SSSR count). The molecule has 0 aliphatic carbocycles. The molecule has 2 aromatic rings. The van der Waals surface area contributed by atoms with E-state index in [4.69, 9.17) is 9.47 Å². The number of carbonyl (C=O) groups excluding carboxylic acids is 1. The highest BCUT2D eigenvalue weighted by Crippen LogP contribution is 2.24. The van der Waals surface area contributed by atoms with Gasteiger partial charge in [-0.25, -0.2) is 4.98 Å². The number of nitrogens with zero attached hydrogens (tertiary/aromatic N) is 1. The first-order chi connectivity index (χ1) is 8.74. The minimum absolute atomic E-state index is 0.281. The van der Waals surface area contributed by atoms with Gasteiger partial charge in [0.1, 0.15) is 17.3 Å². The lowest BCUT2D eigenvalue weighted by molar-refractivity contribution is 0.102. The molecule has 0 saturated carbocycles. The third-order valence-corrected chi connectivity index (χ3v) is 2.91. The molecule has 1 amide bonds. The molecule has 18 heavy (non-hydrogen) atoms. The summed E-state index contributed by atoms with van der Waals surface area (Å²) in [5, 5.41) is 4.44. The number of hydrogen-bond acceptors (Lipinski definition) is 5. The summed E-state index contributed by atoms with van der Waals surface area (Å²) in [5.74, 6) is 1.33. The van der Waals surface area contributed by atoms with Crippen molar-refractivity contribution in [3.05, 3.63) is 34.7 Å². The molecule has 0 unspecified atom stereocenters. The van der Waals surface area contributed by atoms with Crippen molar-refractivity contribution >= 4 is 23.1 Å². The van der Waals surface area contributed by atoms with Crippen LogP contribution in [0.5, 0.6) is 11.5 Å². The van der Waals surface area contributed by atoms with Crippen molar-refractivity contribution in [2.45, 2.75) is 0 Å². The number of aromatic nitrogens is 1. The zero-order chi connectivity index (χ0) is 13.0. The second-order valence-electron chi connectivity index (χ2n) is 3.39. The lowest BCUT2D eigenvalue weighted by Crippen LogP contribution is -2.13. The SMILES string of the molecule is COc1ccc(OC)c(C(=O)Nc2cscn2)c1. The summed E-state index contributed by atoms with van der Waals surface area (Å²) in [5.41, 5.74) is 2.06. The van der Waals surface area contributed by atoms with Gasteiger partial charge in [-0.05, 0) is 18.2 Å². The number of hydrogen-bond donors (Lipinski definition) is 1. The molecule has 5 nitrogen and oxygen atoms in total. The Bertz CT molecular complexity index is 540. The molecule has 1 heterocycles. The largest absolute Gasteiger partial charge is 0.497 e. The van der Waals surface area contributed by atoms with E-state index in [1.54, 1.807) is 36.2 Å². The summed E-state index contributed by atoms with van der Waals surface area (Å²) in [6, 6.07) is 5.05. The Balaban J connectivity index is 2.27. The van der Waals surface area contributed by atoms with E-state index < -0.39 is 0 Å². The van der Waals surface area contributed by atoms with Crippen LogP contribution in [0.4, 0.5) is 5.82 Å². The van der Waals surface area contributed by atoms with Crippen LogP contribution < -0.4 is 14.8 Å². The maximum absolute atomic E-state index is 12.1. The molecule has 1 N–H and O–H groups in total. The normalized spacial score (nSPS) is 9.89. The van der Waals surface area contributed by atoms with Crippen LogP contribution in [0.1, 0.15) is 10.4 Å². The average molecular weight is 264 g/mol. The molecule has 0 spiro atoms. The number of rotatable bonds is 4. The zero-order valence-corrected chi connectivity index (χ0v) is 10.8. The Morgan fingerprint density at radius 3 is 2.78 bits per heavy atom. The van der Waals surface area contributed by atoms with Gasteiger partial charge in [-0.1, -0.05) is 0 Å². The second kappa shape index (κ2) is 5.50. The summed E-state index contributed by atoms with van der Waals surface area (Å²) in [6.07, 6.45) is 0. The van der Waals surface area contributed by atoms with Crippen molar-refractivity contribution in [3.63, 3.8) is 0 Å². The van der Waals surface area contributed by atoms with E-state index in [1.807, 2.05) is 0 Å².